The predicted molar refractivity (Wildman–Crippen MR) is 90.6 cm³/mol. The molecular formula is C16H25N3OS. The zero-order valence-corrected chi connectivity index (χ0v) is 13.9. The lowest BCUT2D eigenvalue weighted by Gasteiger charge is -2.39. The number of anilines is 1. The summed E-state index contributed by atoms with van der Waals surface area (Å²) in [5.74, 6) is 1.83. The van der Waals surface area contributed by atoms with E-state index in [4.69, 9.17) is 10.9 Å². The number of amidine groups is 1. The zero-order chi connectivity index (χ0) is 15.4. The molecule has 1 aliphatic heterocycles. The smallest absolute Gasteiger partial charge is 0.173 e. The van der Waals surface area contributed by atoms with Gasteiger partial charge in [0.2, 0.25) is 0 Å². The van der Waals surface area contributed by atoms with Crippen molar-refractivity contribution in [2.24, 2.45) is 16.8 Å². The van der Waals surface area contributed by atoms with E-state index in [0.717, 1.165) is 28.4 Å². The molecule has 3 N–H and O–H groups in total. The Morgan fingerprint density at radius 1 is 1.43 bits per heavy atom. The van der Waals surface area contributed by atoms with E-state index < -0.39 is 0 Å². The van der Waals surface area contributed by atoms with E-state index in [9.17, 15) is 0 Å². The zero-order valence-electron chi connectivity index (χ0n) is 13.0. The topological polar surface area (TPSA) is 61.8 Å². The molecule has 1 saturated heterocycles. The Morgan fingerprint density at radius 2 is 2.19 bits per heavy atom. The van der Waals surface area contributed by atoms with Crippen LogP contribution in [0.5, 0.6) is 0 Å². The van der Waals surface area contributed by atoms with E-state index in [2.05, 4.69) is 43.0 Å². The molecule has 0 aliphatic carbocycles. The van der Waals surface area contributed by atoms with Crippen LogP contribution in [0.2, 0.25) is 0 Å². The number of piperidine rings is 1. The van der Waals surface area contributed by atoms with Crippen LogP contribution in [0.4, 0.5) is 5.69 Å². The van der Waals surface area contributed by atoms with Gasteiger partial charge in [-0.25, -0.2) is 0 Å². The SMILES string of the molecule is CCSc1cccc(N2CC(C)CCC2C)c1/C(N)=N/O. The molecule has 0 saturated carbocycles. The van der Waals surface area contributed by atoms with Crippen LogP contribution in [0, 0.1) is 5.92 Å². The average Bonchev–Trinajstić information content (AvgIpc) is 2.49. The summed E-state index contributed by atoms with van der Waals surface area (Å²) in [5, 5.41) is 12.4. The number of hydrogen-bond acceptors (Lipinski definition) is 4. The van der Waals surface area contributed by atoms with Crippen molar-refractivity contribution in [3.63, 3.8) is 0 Å². The van der Waals surface area contributed by atoms with Crippen LogP contribution in [-0.4, -0.2) is 29.4 Å². The summed E-state index contributed by atoms with van der Waals surface area (Å²) in [5.41, 5.74) is 7.93. The fourth-order valence-electron chi connectivity index (χ4n) is 2.97. The molecule has 0 spiro atoms. The lowest BCUT2D eigenvalue weighted by molar-refractivity contribution is 0.318. The minimum Gasteiger partial charge on any atom is -0.409 e. The second-order valence-electron chi connectivity index (χ2n) is 5.75. The Bertz CT molecular complexity index is 518. The fourth-order valence-corrected chi connectivity index (χ4v) is 3.81. The first-order valence-corrected chi connectivity index (χ1v) is 8.57. The van der Waals surface area contributed by atoms with E-state index in [-0.39, 0.29) is 5.84 Å². The van der Waals surface area contributed by atoms with Crippen molar-refractivity contribution in [2.75, 3.05) is 17.2 Å². The van der Waals surface area contributed by atoms with Crippen LogP contribution < -0.4 is 10.6 Å². The third kappa shape index (κ3) is 3.46. The van der Waals surface area contributed by atoms with Gasteiger partial charge < -0.3 is 15.8 Å². The summed E-state index contributed by atoms with van der Waals surface area (Å²) in [6, 6.07) is 6.67. The van der Waals surface area contributed by atoms with Crippen LogP contribution >= 0.6 is 11.8 Å². The van der Waals surface area contributed by atoms with Gasteiger partial charge in [-0.1, -0.05) is 25.1 Å². The molecule has 4 nitrogen and oxygen atoms in total. The van der Waals surface area contributed by atoms with E-state index in [1.54, 1.807) is 11.8 Å². The molecule has 1 aromatic carbocycles. The number of nitrogens with two attached hydrogens (primary N) is 1. The summed E-state index contributed by atoms with van der Waals surface area (Å²) in [7, 11) is 0. The number of benzene rings is 1. The van der Waals surface area contributed by atoms with Crippen LogP contribution in [-0.2, 0) is 0 Å². The van der Waals surface area contributed by atoms with Crippen LogP contribution in [0.1, 0.15) is 39.2 Å². The largest absolute Gasteiger partial charge is 0.409 e. The van der Waals surface area contributed by atoms with Gasteiger partial charge in [-0.2, -0.15) is 0 Å². The van der Waals surface area contributed by atoms with E-state index in [1.165, 1.54) is 12.8 Å². The number of rotatable bonds is 4. The molecule has 116 valence electrons. The maximum absolute atomic E-state index is 9.16. The van der Waals surface area contributed by atoms with Gasteiger partial charge in [0, 0.05) is 23.2 Å². The first-order valence-electron chi connectivity index (χ1n) is 7.58. The van der Waals surface area contributed by atoms with Gasteiger partial charge in [0.15, 0.2) is 5.84 Å². The Kier molecular flexibility index (Phi) is 5.39. The molecule has 1 heterocycles. The summed E-state index contributed by atoms with van der Waals surface area (Å²) in [6.07, 6.45) is 2.45. The first kappa shape index (κ1) is 16.0. The Morgan fingerprint density at radius 3 is 2.86 bits per heavy atom. The van der Waals surface area contributed by atoms with Gasteiger partial charge in [0.05, 0.1) is 5.56 Å². The van der Waals surface area contributed by atoms with Crippen LogP contribution in [0.25, 0.3) is 0 Å². The average molecular weight is 307 g/mol. The molecule has 5 heteroatoms. The van der Waals surface area contributed by atoms with Crippen molar-refractivity contribution in [3.8, 4) is 0 Å². The quantitative estimate of drug-likeness (QED) is 0.294. The van der Waals surface area contributed by atoms with E-state index >= 15 is 0 Å². The van der Waals surface area contributed by atoms with Gasteiger partial charge in [-0.05, 0) is 43.6 Å². The molecule has 0 aromatic heterocycles. The molecule has 2 atom stereocenters. The highest BCUT2D eigenvalue weighted by Crippen LogP contribution is 2.35. The Balaban J connectivity index is 2.49. The maximum Gasteiger partial charge on any atom is 0.173 e. The minimum absolute atomic E-state index is 0.201. The summed E-state index contributed by atoms with van der Waals surface area (Å²) < 4.78 is 0. The normalized spacial score (nSPS) is 23.4. The molecule has 1 aromatic rings. The van der Waals surface area contributed by atoms with Crippen molar-refractivity contribution in [2.45, 2.75) is 44.6 Å². The lowest BCUT2D eigenvalue weighted by atomic mass is 9.93. The third-order valence-corrected chi connectivity index (χ3v) is 5.03. The van der Waals surface area contributed by atoms with Gasteiger partial charge in [0.25, 0.3) is 0 Å². The van der Waals surface area contributed by atoms with Crippen molar-refractivity contribution >= 4 is 23.3 Å². The summed E-state index contributed by atoms with van der Waals surface area (Å²) in [4.78, 5) is 3.48. The van der Waals surface area contributed by atoms with Crippen molar-refractivity contribution in [1.29, 1.82) is 0 Å². The molecule has 0 radical (unpaired) electrons. The first-order chi connectivity index (χ1) is 10.1. The van der Waals surface area contributed by atoms with E-state index in [0.29, 0.717) is 12.0 Å². The molecule has 2 rings (SSSR count). The molecule has 21 heavy (non-hydrogen) atoms. The predicted octanol–water partition coefficient (Wildman–Crippen LogP) is 3.52. The molecule has 1 aliphatic rings. The number of oxime groups is 1. The van der Waals surface area contributed by atoms with Gasteiger partial charge >= 0.3 is 0 Å². The van der Waals surface area contributed by atoms with Crippen LogP contribution in [0.3, 0.4) is 0 Å². The summed E-state index contributed by atoms with van der Waals surface area (Å²) >= 11 is 1.73. The Labute approximate surface area is 131 Å². The maximum atomic E-state index is 9.16. The number of nitrogens with zero attached hydrogens (tertiary/aromatic N) is 2. The summed E-state index contributed by atoms with van der Waals surface area (Å²) in [6.45, 7) is 7.67. The van der Waals surface area contributed by atoms with Crippen LogP contribution in [0.15, 0.2) is 28.3 Å². The van der Waals surface area contributed by atoms with Gasteiger partial charge in [-0.3, -0.25) is 0 Å². The molecule has 1 fully saturated rings. The van der Waals surface area contributed by atoms with Crippen molar-refractivity contribution < 1.29 is 5.21 Å². The highest BCUT2D eigenvalue weighted by atomic mass is 32.2. The molecular weight excluding hydrogens is 282 g/mol. The van der Waals surface area contributed by atoms with Gasteiger partial charge in [-0.15, -0.1) is 11.8 Å². The lowest BCUT2D eigenvalue weighted by Crippen LogP contribution is -2.42. The highest BCUT2D eigenvalue weighted by Gasteiger charge is 2.26. The highest BCUT2D eigenvalue weighted by molar-refractivity contribution is 7.99. The molecule has 0 bridgehead atoms. The minimum atomic E-state index is 0.201. The Hall–Kier alpha value is -1.36. The second-order valence-corrected chi connectivity index (χ2v) is 7.06. The van der Waals surface area contributed by atoms with Crippen molar-refractivity contribution in [3.05, 3.63) is 23.8 Å². The molecule has 2 unspecified atom stereocenters. The fraction of sp³-hybridized carbons (Fsp3) is 0.562. The second kappa shape index (κ2) is 7.07. The monoisotopic (exact) mass is 307 g/mol. The third-order valence-electron chi connectivity index (χ3n) is 4.10. The van der Waals surface area contributed by atoms with Gasteiger partial charge in [0.1, 0.15) is 0 Å². The van der Waals surface area contributed by atoms with Crippen molar-refractivity contribution in [1.82, 2.24) is 0 Å². The standard InChI is InChI=1S/C16H25N3OS/c1-4-21-14-7-5-6-13(15(14)16(17)18-20)19-10-11(2)8-9-12(19)3/h5-7,11-12,20H,4,8-10H2,1-3H3,(H2,17,18). The molecule has 0 amide bonds. The number of thioether (sulfide) groups is 1. The number of hydrogen-bond donors (Lipinski definition) is 2. The van der Waals surface area contributed by atoms with E-state index in [1.807, 2.05) is 6.07 Å².